The molecule has 0 aliphatic carbocycles. The lowest BCUT2D eigenvalue weighted by molar-refractivity contribution is -0.139. The molecular formula is C18H20N4O. The van der Waals surface area contributed by atoms with Crippen molar-refractivity contribution in [2.75, 3.05) is 31.1 Å². The van der Waals surface area contributed by atoms with Crippen LogP contribution in [0.3, 0.4) is 0 Å². The molecule has 3 heterocycles. The number of hydrogen-bond acceptors (Lipinski definition) is 4. The summed E-state index contributed by atoms with van der Waals surface area (Å²) in [5, 5.41) is 1.11. The molecule has 2 aromatic rings. The van der Waals surface area contributed by atoms with Gasteiger partial charge < -0.3 is 9.80 Å². The molecule has 2 aliphatic heterocycles. The van der Waals surface area contributed by atoms with E-state index in [0.29, 0.717) is 5.41 Å². The van der Waals surface area contributed by atoms with Gasteiger partial charge >= 0.3 is 0 Å². The highest BCUT2D eigenvalue weighted by atomic mass is 16.2. The zero-order valence-electron chi connectivity index (χ0n) is 13.1. The number of likely N-dealkylation sites (tertiary alicyclic amines) is 1. The third kappa shape index (κ3) is 2.36. The molecule has 1 spiro atoms. The van der Waals surface area contributed by atoms with E-state index in [0.717, 1.165) is 55.7 Å². The number of anilines is 1. The van der Waals surface area contributed by atoms with Gasteiger partial charge in [0, 0.05) is 37.0 Å². The van der Waals surface area contributed by atoms with Crippen molar-refractivity contribution < 1.29 is 4.79 Å². The summed E-state index contributed by atoms with van der Waals surface area (Å²) in [6, 6.07) is 8.15. The molecule has 118 valence electrons. The Hall–Kier alpha value is -2.43. The van der Waals surface area contributed by atoms with E-state index in [1.165, 1.54) is 6.08 Å². The molecule has 4 rings (SSSR count). The quantitative estimate of drug-likeness (QED) is 0.799. The van der Waals surface area contributed by atoms with Gasteiger partial charge in [0.15, 0.2) is 0 Å². The molecule has 0 radical (unpaired) electrons. The van der Waals surface area contributed by atoms with E-state index in [1.54, 1.807) is 6.33 Å². The van der Waals surface area contributed by atoms with Gasteiger partial charge in [0.1, 0.15) is 12.1 Å². The van der Waals surface area contributed by atoms with E-state index < -0.39 is 0 Å². The summed E-state index contributed by atoms with van der Waals surface area (Å²) in [7, 11) is 0. The Bertz CT molecular complexity index is 751. The third-order valence-electron chi connectivity index (χ3n) is 5.18. The molecule has 0 bridgehead atoms. The summed E-state index contributed by atoms with van der Waals surface area (Å²) in [5.74, 6) is 1.09. The molecule has 2 saturated heterocycles. The Morgan fingerprint density at radius 2 is 1.91 bits per heavy atom. The highest BCUT2D eigenvalue weighted by Gasteiger charge is 2.46. The van der Waals surface area contributed by atoms with Crippen LogP contribution in [0, 0.1) is 5.41 Å². The van der Waals surface area contributed by atoms with Crippen molar-refractivity contribution in [2.24, 2.45) is 5.41 Å². The van der Waals surface area contributed by atoms with Gasteiger partial charge in [-0.25, -0.2) is 9.97 Å². The maximum absolute atomic E-state index is 11.6. The van der Waals surface area contributed by atoms with Crippen molar-refractivity contribution >= 4 is 22.6 Å². The molecule has 0 N–H and O–H groups in total. The zero-order valence-corrected chi connectivity index (χ0v) is 13.1. The number of carbonyl (C=O) groups excluding carboxylic acids is 1. The van der Waals surface area contributed by atoms with Crippen molar-refractivity contribution in [3.05, 3.63) is 43.2 Å². The van der Waals surface area contributed by atoms with Gasteiger partial charge in [-0.15, -0.1) is 0 Å². The lowest BCUT2D eigenvalue weighted by atomic mass is 9.72. The van der Waals surface area contributed by atoms with Crippen LogP contribution in [-0.4, -0.2) is 47.0 Å². The van der Waals surface area contributed by atoms with Gasteiger partial charge in [-0.05, 0) is 31.1 Å². The lowest BCUT2D eigenvalue weighted by Crippen LogP contribution is -2.61. The Morgan fingerprint density at radius 3 is 2.65 bits per heavy atom. The van der Waals surface area contributed by atoms with E-state index in [1.807, 2.05) is 23.1 Å². The van der Waals surface area contributed by atoms with Crippen LogP contribution >= 0.6 is 0 Å². The van der Waals surface area contributed by atoms with E-state index >= 15 is 0 Å². The second-order valence-electron chi connectivity index (χ2n) is 6.60. The van der Waals surface area contributed by atoms with Gasteiger partial charge in [0.2, 0.25) is 5.91 Å². The Labute approximate surface area is 135 Å². The fraction of sp³-hybridized carbons (Fsp3) is 0.389. The number of benzene rings is 1. The summed E-state index contributed by atoms with van der Waals surface area (Å²) in [5.41, 5.74) is 1.29. The number of nitrogens with zero attached hydrogens (tertiary/aromatic N) is 4. The second kappa shape index (κ2) is 5.33. The number of carbonyl (C=O) groups is 1. The number of piperidine rings is 1. The van der Waals surface area contributed by atoms with Gasteiger partial charge in [-0.1, -0.05) is 18.7 Å². The predicted octanol–water partition coefficient (Wildman–Crippen LogP) is 2.24. The Kier molecular flexibility index (Phi) is 3.29. The molecule has 1 aromatic heterocycles. The SMILES string of the molecule is C=CC(=O)N1CC2(CCN(c3ncnc4ccccc34)CC2)C1. The van der Waals surface area contributed by atoms with Crippen LogP contribution in [0.1, 0.15) is 12.8 Å². The molecule has 5 heteroatoms. The van der Waals surface area contributed by atoms with Gasteiger partial charge in [0.05, 0.1) is 5.52 Å². The number of fused-ring (bicyclic) bond motifs is 1. The lowest BCUT2D eigenvalue weighted by Gasteiger charge is -2.53. The smallest absolute Gasteiger partial charge is 0.245 e. The minimum Gasteiger partial charge on any atom is -0.356 e. The summed E-state index contributed by atoms with van der Waals surface area (Å²) in [4.78, 5) is 24.7. The highest BCUT2D eigenvalue weighted by Crippen LogP contribution is 2.41. The Balaban J connectivity index is 1.48. The molecule has 0 atom stereocenters. The first-order valence-electron chi connectivity index (χ1n) is 8.07. The van der Waals surface area contributed by atoms with Crippen molar-refractivity contribution in [2.45, 2.75) is 12.8 Å². The molecule has 0 saturated carbocycles. The van der Waals surface area contributed by atoms with Crippen LogP contribution in [0.2, 0.25) is 0 Å². The summed E-state index contributed by atoms with van der Waals surface area (Å²) < 4.78 is 0. The first-order valence-corrected chi connectivity index (χ1v) is 8.07. The van der Waals surface area contributed by atoms with Crippen LogP contribution in [-0.2, 0) is 4.79 Å². The largest absolute Gasteiger partial charge is 0.356 e. The summed E-state index contributed by atoms with van der Waals surface area (Å²) >= 11 is 0. The molecule has 1 amide bonds. The average molecular weight is 308 g/mol. The van der Waals surface area contributed by atoms with Crippen molar-refractivity contribution in [3.8, 4) is 0 Å². The first-order chi connectivity index (χ1) is 11.2. The number of para-hydroxylation sites is 1. The summed E-state index contributed by atoms with van der Waals surface area (Å²) in [6.45, 7) is 7.27. The zero-order chi connectivity index (χ0) is 15.9. The molecule has 2 fully saturated rings. The Morgan fingerprint density at radius 1 is 1.17 bits per heavy atom. The van der Waals surface area contributed by atoms with Gasteiger partial charge in [-0.3, -0.25) is 4.79 Å². The van der Waals surface area contributed by atoms with Crippen LogP contribution in [0.4, 0.5) is 5.82 Å². The molecule has 2 aliphatic rings. The van der Waals surface area contributed by atoms with Gasteiger partial charge in [-0.2, -0.15) is 0 Å². The minimum atomic E-state index is 0.0554. The average Bonchev–Trinajstić information content (AvgIpc) is 2.58. The van der Waals surface area contributed by atoms with Gasteiger partial charge in [0.25, 0.3) is 0 Å². The number of rotatable bonds is 2. The fourth-order valence-electron chi connectivity index (χ4n) is 3.80. The van der Waals surface area contributed by atoms with Crippen LogP contribution in [0.25, 0.3) is 10.9 Å². The standard InChI is InChI=1S/C18H20N4O/c1-2-16(23)22-11-18(12-22)7-9-21(10-8-18)17-14-5-3-4-6-15(14)19-13-20-17/h2-6,13H,1,7-12H2. The van der Waals surface area contributed by atoms with E-state index in [-0.39, 0.29) is 5.91 Å². The monoisotopic (exact) mass is 308 g/mol. The second-order valence-corrected chi connectivity index (χ2v) is 6.60. The molecular weight excluding hydrogens is 288 g/mol. The van der Waals surface area contributed by atoms with E-state index in [9.17, 15) is 4.79 Å². The van der Waals surface area contributed by atoms with E-state index in [2.05, 4.69) is 27.5 Å². The topological polar surface area (TPSA) is 49.3 Å². The number of hydrogen-bond donors (Lipinski definition) is 0. The number of aromatic nitrogens is 2. The van der Waals surface area contributed by atoms with Crippen molar-refractivity contribution in [3.63, 3.8) is 0 Å². The molecule has 1 aromatic carbocycles. The molecule has 5 nitrogen and oxygen atoms in total. The maximum atomic E-state index is 11.6. The van der Waals surface area contributed by atoms with E-state index in [4.69, 9.17) is 0 Å². The summed E-state index contributed by atoms with van der Waals surface area (Å²) in [6.07, 6.45) is 5.27. The minimum absolute atomic E-state index is 0.0554. The number of amides is 1. The normalized spacial score (nSPS) is 19.7. The predicted molar refractivity (Wildman–Crippen MR) is 90.2 cm³/mol. The molecule has 23 heavy (non-hydrogen) atoms. The maximum Gasteiger partial charge on any atom is 0.245 e. The third-order valence-corrected chi connectivity index (χ3v) is 5.18. The van der Waals surface area contributed by atoms with Crippen molar-refractivity contribution in [1.29, 1.82) is 0 Å². The van der Waals surface area contributed by atoms with Crippen molar-refractivity contribution in [1.82, 2.24) is 14.9 Å². The van der Waals surface area contributed by atoms with Crippen LogP contribution in [0.5, 0.6) is 0 Å². The highest BCUT2D eigenvalue weighted by molar-refractivity contribution is 5.89. The first kappa shape index (κ1) is 14.2. The van der Waals surface area contributed by atoms with Crippen LogP contribution in [0.15, 0.2) is 43.2 Å². The van der Waals surface area contributed by atoms with Crippen LogP contribution < -0.4 is 4.90 Å². The fourth-order valence-corrected chi connectivity index (χ4v) is 3.80. The molecule has 0 unspecified atom stereocenters.